The molecule has 2 aliphatic rings. The van der Waals surface area contributed by atoms with Gasteiger partial charge in [-0.05, 0) is 42.4 Å². The number of carbonyl (C=O) groups excluding carboxylic acids is 2. The average Bonchev–Trinajstić information content (AvgIpc) is 3.40. The number of hydrogen-bond acceptors (Lipinski definition) is 5. The lowest BCUT2D eigenvalue weighted by Crippen LogP contribution is -2.31. The van der Waals surface area contributed by atoms with Gasteiger partial charge in [0.05, 0.1) is 24.1 Å². The molecule has 2 aromatic rings. The van der Waals surface area contributed by atoms with Crippen molar-refractivity contribution in [3.63, 3.8) is 0 Å². The van der Waals surface area contributed by atoms with Gasteiger partial charge in [-0.15, -0.1) is 0 Å². The molecule has 0 radical (unpaired) electrons. The fourth-order valence-corrected chi connectivity index (χ4v) is 6.55. The topological polar surface area (TPSA) is 86.9 Å². The van der Waals surface area contributed by atoms with Crippen molar-refractivity contribution in [2.45, 2.75) is 25.8 Å². The maximum absolute atomic E-state index is 13.5. The highest BCUT2D eigenvalue weighted by atomic mass is 32.2. The number of carbonyl (C=O) groups is 2. The van der Waals surface area contributed by atoms with Gasteiger partial charge in [-0.1, -0.05) is 30.3 Å². The summed E-state index contributed by atoms with van der Waals surface area (Å²) in [5.74, 6) is 0.746. The summed E-state index contributed by atoms with van der Waals surface area (Å²) in [7, 11) is -0.257. The summed E-state index contributed by atoms with van der Waals surface area (Å²) >= 11 is 0. The van der Waals surface area contributed by atoms with Crippen LogP contribution >= 0.6 is 10.5 Å². The Kier molecular flexibility index (Phi) is 6.34. The SMILES string of the molecule is N#CC(C(=O)[C@H]1CN(Cc2ccncn2)C(=O)[C@@H]1Cc1ccccc1)=S1CCCC1. The van der Waals surface area contributed by atoms with Crippen molar-refractivity contribution in [2.24, 2.45) is 11.8 Å². The van der Waals surface area contributed by atoms with Gasteiger partial charge in [0.2, 0.25) is 5.91 Å². The zero-order chi connectivity index (χ0) is 20.9. The summed E-state index contributed by atoms with van der Waals surface area (Å²) in [5.41, 5.74) is 1.77. The van der Waals surface area contributed by atoms with Crippen LogP contribution in [-0.2, 0) is 22.6 Å². The van der Waals surface area contributed by atoms with Crippen LogP contribution < -0.4 is 0 Å². The molecule has 30 heavy (non-hydrogen) atoms. The van der Waals surface area contributed by atoms with Crippen molar-refractivity contribution in [3.8, 4) is 6.07 Å². The highest BCUT2D eigenvalue weighted by molar-refractivity contribution is 8.17. The molecule has 0 unspecified atom stereocenters. The fourth-order valence-electron chi connectivity index (χ4n) is 4.26. The second-order valence-corrected chi connectivity index (χ2v) is 9.95. The van der Waals surface area contributed by atoms with Gasteiger partial charge < -0.3 is 4.90 Å². The number of hydrogen-bond donors (Lipinski definition) is 0. The molecule has 2 fully saturated rings. The number of amides is 1. The van der Waals surface area contributed by atoms with Crippen molar-refractivity contribution in [2.75, 3.05) is 18.1 Å². The molecule has 154 valence electrons. The normalized spacial score (nSPS) is 21.6. The maximum Gasteiger partial charge on any atom is 0.227 e. The lowest BCUT2D eigenvalue weighted by atomic mass is 9.85. The second-order valence-electron chi connectivity index (χ2n) is 7.74. The minimum atomic E-state index is -0.484. The van der Waals surface area contributed by atoms with E-state index in [0.29, 0.717) is 24.4 Å². The van der Waals surface area contributed by atoms with Crippen LogP contribution in [0.1, 0.15) is 24.1 Å². The number of ketones is 1. The molecule has 0 aliphatic carbocycles. The summed E-state index contributed by atoms with van der Waals surface area (Å²) in [6.45, 7) is 0.686. The maximum atomic E-state index is 13.5. The number of likely N-dealkylation sites (tertiary alicyclic amines) is 1. The second kappa shape index (κ2) is 9.31. The number of nitriles is 1. The Balaban J connectivity index is 1.63. The Labute approximate surface area is 178 Å². The monoisotopic (exact) mass is 420 g/mol. The molecule has 0 saturated carbocycles. The quantitative estimate of drug-likeness (QED) is 0.671. The van der Waals surface area contributed by atoms with Crippen LogP contribution in [0.25, 0.3) is 0 Å². The third kappa shape index (κ3) is 4.34. The highest BCUT2D eigenvalue weighted by Gasteiger charge is 2.45. The van der Waals surface area contributed by atoms with Crippen molar-refractivity contribution in [1.29, 1.82) is 5.26 Å². The largest absolute Gasteiger partial charge is 0.336 e. The number of aromatic nitrogens is 2. The van der Waals surface area contributed by atoms with Gasteiger partial charge in [0.25, 0.3) is 0 Å². The van der Waals surface area contributed by atoms with E-state index in [9.17, 15) is 14.9 Å². The van der Waals surface area contributed by atoms with Crippen molar-refractivity contribution < 1.29 is 9.59 Å². The number of nitrogens with zero attached hydrogens (tertiary/aromatic N) is 4. The zero-order valence-corrected chi connectivity index (χ0v) is 17.6. The molecule has 1 amide bonds. The van der Waals surface area contributed by atoms with E-state index in [0.717, 1.165) is 35.6 Å². The molecular formula is C23H24N4O2S. The van der Waals surface area contributed by atoms with Crippen LogP contribution in [0.2, 0.25) is 0 Å². The lowest BCUT2D eigenvalue weighted by Gasteiger charge is -2.16. The lowest BCUT2D eigenvalue weighted by molar-refractivity contribution is -0.132. The Morgan fingerprint density at radius 3 is 2.63 bits per heavy atom. The van der Waals surface area contributed by atoms with E-state index in [2.05, 4.69) is 16.0 Å². The van der Waals surface area contributed by atoms with E-state index >= 15 is 0 Å². The summed E-state index contributed by atoms with van der Waals surface area (Å²) < 4.78 is 0. The molecule has 2 aliphatic heterocycles. The summed E-state index contributed by atoms with van der Waals surface area (Å²) in [4.78, 5) is 37.0. The fraction of sp³-hybridized carbons (Fsp3) is 0.391. The van der Waals surface area contributed by atoms with Crippen LogP contribution in [0, 0.1) is 23.2 Å². The van der Waals surface area contributed by atoms with Crippen molar-refractivity contribution in [3.05, 3.63) is 60.2 Å². The van der Waals surface area contributed by atoms with Gasteiger partial charge in [-0.25, -0.2) is 9.97 Å². The molecule has 0 bridgehead atoms. The van der Waals surface area contributed by atoms with Crippen molar-refractivity contribution in [1.82, 2.24) is 14.9 Å². The molecule has 2 atom stereocenters. The predicted octanol–water partition coefficient (Wildman–Crippen LogP) is 2.62. The number of benzene rings is 1. The first-order valence-electron chi connectivity index (χ1n) is 10.2. The van der Waals surface area contributed by atoms with E-state index in [1.165, 1.54) is 6.33 Å². The van der Waals surface area contributed by atoms with Gasteiger partial charge in [0, 0.05) is 12.7 Å². The molecule has 0 N–H and O–H groups in total. The first-order valence-corrected chi connectivity index (χ1v) is 11.8. The third-order valence-corrected chi connectivity index (χ3v) is 8.24. The van der Waals surface area contributed by atoms with Crippen molar-refractivity contribution >= 4 is 27.0 Å². The summed E-state index contributed by atoms with van der Waals surface area (Å²) in [6, 6.07) is 13.8. The predicted molar refractivity (Wildman–Crippen MR) is 117 cm³/mol. The molecule has 3 heterocycles. The Hall–Kier alpha value is -2.85. The Morgan fingerprint density at radius 1 is 1.20 bits per heavy atom. The molecule has 7 heteroatoms. The van der Waals surface area contributed by atoms with Gasteiger partial charge in [-0.2, -0.15) is 15.7 Å². The molecule has 2 saturated heterocycles. The minimum Gasteiger partial charge on any atom is -0.336 e. The van der Waals surface area contributed by atoms with Crippen LogP contribution in [0.4, 0.5) is 0 Å². The molecule has 1 aromatic carbocycles. The van der Waals surface area contributed by atoms with Crippen LogP contribution in [0.3, 0.4) is 0 Å². The van der Waals surface area contributed by atoms with Gasteiger partial charge >= 0.3 is 0 Å². The smallest absolute Gasteiger partial charge is 0.227 e. The van der Waals surface area contributed by atoms with E-state index in [1.807, 2.05) is 30.3 Å². The average molecular weight is 421 g/mol. The van der Waals surface area contributed by atoms with Gasteiger partial charge in [0.1, 0.15) is 17.3 Å². The van der Waals surface area contributed by atoms with Crippen LogP contribution in [0.5, 0.6) is 0 Å². The summed E-state index contributed by atoms with van der Waals surface area (Å²) in [6.07, 6.45) is 5.75. The van der Waals surface area contributed by atoms with Gasteiger partial charge in [-0.3, -0.25) is 9.59 Å². The number of rotatable bonds is 6. The van der Waals surface area contributed by atoms with Crippen LogP contribution in [0.15, 0.2) is 48.9 Å². The number of Topliss-reactive ketones (excluding diaryl/α,β-unsaturated/α-hetero) is 1. The minimum absolute atomic E-state index is 0.0390. The highest BCUT2D eigenvalue weighted by Crippen LogP contribution is 2.33. The van der Waals surface area contributed by atoms with E-state index in [-0.39, 0.29) is 22.2 Å². The standard InChI is InChI=1S/C23H24N4O2S/c24-13-21(30-10-4-5-11-30)22(28)20-15-27(14-18-8-9-25-16-26-18)23(29)19(20)12-17-6-2-1-3-7-17/h1-3,6-9,16,19-20H,4-5,10-12,14-15H2/t19-,20+/m1/s1. The van der Waals surface area contributed by atoms with E-state index in [4.69, 9.17) is 0 Å². The molecule has 4 rings (SSSR count). The van der Waals surface area contributed by atoms with Crippen LogP contribution in [-0.4, -0.2) is 49.5 Å². The first-order chi connectivity index (χ1) is 14.7. The Morgan fingerprint density at radius 2 is 1.97 bits per heavy atom. The molecular weight excluding hydrogens is 396 g/mol. The van der Waals surface area contributed by atoms with Gasteiger partial charge in [0.15, 0.2) is 5.78 Å². The molecule has 6 nitrogen and oxygen atoms in total. The first kappa shape index (κ1) is 20.4. The van der Waals surface area contributed by atoms with E-state index in [1.54, 1.807) is 17.2 Å². The molecule has 1 aromatic heterocycles. The third-order valence-electron chi connectivity index (χ3n) is 5.81. The Bertz CT molecular complexity index is 993. The zero-order valence-electron chi connectivity index (χ0n) is 16.7. The van der Waals surface area contributed by atoms with E-state index < -0.39 is 11.8 Å². The summed E-state index contributed by atoms with van der Waals surface area (Å²) in [5, 5.41) is 9.74. The molecule has 0 spiro atoms.